The summed E-state index contributed by atoms with van der Waals surface area (Å²) >= 11 is 3.24. The number of nitrogens with zero attached hydrogens (tertiary/aromatic N) is 1. The van der Waals surface area contributed by atoms with Crippen LogP contribution in [-0.4, -0.2) is 33.1 Å². The lowest BCUT2D eigenvalue weighted by molar-refractivity contribution is 0.0504. The molecule has 0 aliphatic rings. The number of nitrogens with one attached hydrogen (secondary N) is 1. The highest BCUT2D eigenvalue weighted by molar-refractivity contribution is 9.10. The Hall–Kier alpha value is -2.13. The van der Waals surface area contributed by atoms with Crippen molar-refractivity contribution in [3.05, 3.63) is 46.7 Å². The van der Waals surface area contributed by atoms with Crippen LogP contribution < -0.4 is 9.46 Å². The number of pyridine rings is 1. The van der Waals surface area contributed by atoms with Crippen molar-refractivity contribution in [1.82, 2.24) is 4.98 Å². The number of hydrogen-bond acceptors (Lipinski definition) is 6. The average Bonchev–Trinajstić information content (AvgIpc) is 2.59. The number of ether oxygens (including phenoxy) is 2. The predicted molar refractivity (Wildman–Crippen MR) is 96.3 cm³/mol. The molecule has 25 heavy (non-hydrogen) atoms. The van der Waals surface area contributed by atoms with Gasteiger partial charge in [0, 0.05) is 10.7 Å². The van der Waals surface area contributed by atoms with Gasteiger partial charge in [0.2, 0.25) is 0 Å². The second-order valence-electron chi connectivity index (χ2n) is 5.00. The topological polar surface area (TPSA) is 94.6 Å². The quantitative estimate of drug-likeness (QED) is 0.680. The molecule has 0 unspecified atom stereocenters. The van der Waals surface area contributed by atoms with Crippen molar-refractivity contribution in [3.8, 4) is 5.75 Å². The van der Waals surface area contributed by atoms with E-state index in [1.807, 2.05) is 6.92 Å². The van der Waals surface area contributed by atoms with Crippen molar-refractivity contribution < 1.29 is 22.7 Å². The van der Waals surface area contributed by atoms with Gasteiger partial charge in [-0.25, -0.2) is 13.2 Å². The Bertz CT molecular complexity index is 871. The molecular formula is C16H17BrN2O5S. The summed E-state index contributed by atoms with van der Waals surface area (Å²) in [6.45, 7) is 2.16. The number of sulfonamides is 1. The van der Waals surface area contributed by atoms with Gasteiger partial charge in [0.25, 0.3) is 10.0 Å². The molecule has 0 saturated heterocycles. The van der Waals surface area contributed by atoms with E-state index in [1.54, 1.807) is 6.07 Å². The second kappa shape index (κ2) is 8.30. The summed E-state index contributed by atoms with van der Waals surface area (Å²) < 4.78 is 38.4. The first-order valence-corrected chi connectivity index (χ1v) is 9.63. The molecule has 7 nitrogen and oxygen atoms in total. The van der Waals surface area contributed by atoms with Gasteiger partial charge in [-0.3, -0.25) is 9.71 Å². The molecule has 0 atom stereocenters. The number of hydrogen-bond donors (Lipinski definition) is 1. The van der Waals surface area contributed by atoms with Crippen molar-refractivity contribution in [1.29, 1.82) is 0 Å². The van der Waals surface area contributed by atoms with E-state index in [4.69, 9.17) is 9.47 Å². The monoisotopic (exact) mass is 428 g/mol. The Balaban J connectivity index is 2.30. The van der Waals surface area contributed by atoms with Crippen LogP contribution in [-0.2, 0) is 14.8 Å². The fourth-order valence-electron chi connectivity index (χ4n) is 1.96. The number of esters is 1. The van der Waals surface area contributed by atoms with Crippen LogP contribution in [0.2, 0.25) is 0 Å². The van der Waals surface area contributed by atoms with Crippen LogP contribution >= 0.6 is 15.9 Å². The first kappa shape index (κ1) is 19.2. The maximum atomic E-state index is 12.6. The largest absolute Gasteiger partial charge is 0.495 e. The lowest BCUT2D eigenvalue weighted by Crippen LogP contribution is -2.15. The van der Waals surface area contributed by atoms with E-state index in [-0.39, 0.29) is 28.5 Å². The lowest BCUT2D eigenvalue weighted by Gasteiger charge is -2.12. The van der Waals surface area contributed by atoms with Gasteiger partial charge in [-0.05, 0) is 30.7 Å². The molecule has 1 aromatic carbocycles. The van der Waals surface area contributed by atoms with Gasteiger partial charge in [-0.15, -0.1) is 0 Å². The molecule has 0 aliphatic heterocycles. The third kappa shape index (κ3) is 4.93. The molecule has 1 aromatic heterocycles. The second-order valence-corrected chi connectivity index (χ2v) is 7.57. The van der Waals surface area contributed by atoms with E-state index in [0.717, 1.165) is 0 Å². The molecule has 1 heterocycles. The van der Waals surface area contributed by atoms with Gasteiger partial charge in [0.05, 0.1) is 31.2 Å². The Morgan fingerprint density at radius 1 is 1.28 bits per heavy atom. The van der Waals surface area contributed by atoms with Crippen LogP contribution in [0.5, 0.6) is 5.75 Å². The third-order valence-electron chi connectivity index (χ3n) is 3.08. The minimum Gasteiger partial charge on any atom is -0.495 e. The fraction of sp³-hybridized carbons (Fsp3) is 0.250. The smallest absolute Gasteiger partial charge is 0.339 e. The molecule has 2 aromatic rings. The fourth-order valence-corrected chi connectivity index (χ4v) is 3.70. The zero-order chi connectivity index (χ0) is 18.4. The molecule has 1 N–H and O–H groups in total. The summed E-state index contributed by atoms with van der Waals surface area (Å²) in [6.07, 6.45) is 3.31. The molecule has 0 aliphatic carbocycles. The van der Waals surface area contributed by atoms with Crippen LogP contribution in [0.15, 0.2) is 46.0 Å². The Morgan fingerprint density at radius 2 is 2.04 bits per heavy atom. The summed E-state index contributed by atoms with van der Waals surface area (Å²) in [4.78, 5) is 15.7. The molecule has 9 heteroatoms. The Labute approximate surface area is 154 Å². The van der Waals surface area contributed by atoms with E-state index in [9.17, 15) is 13.2 Å². The minimum atomic E-state index is -3.94. The van der Waals surface area contributed by atoms with Gasteiger partial charge in [0.1, 0.15) is 10.6 Å². The van der Waals surface area contributed by atoms with Crippen LogP contribution in [0, 0.1) is 0 Å². The average molecular weight is 429 g/mol. The van der Waals surface area contributed by atoms with Crippen molar-refractivity contribution in [3.63, 3.8) is 0 Å². The van der Waals surface area contributed by atoms with Gasteiger partial charge >= 0.3 is 5.97 Å². The molecule has 0 fully saturated rings. The maximum Gasteiger partial charge on any atom is 0.339 e. The standard InChI is InChI=1S/C16H17BrN2O5S/c1-3-6-24-16(20)11-7-13(10-18-9-11)19-25(21,22)15-8-12(17)4-5-14(15)23-2/h4-5,7-10,19H,3,6H2,1-2H3. The summed E-state index contributed by atoms with van der Waals surface area (Å²) in [5.41, 5.74) is 0.308. The van der Waals surface area contributed by atoms with Crippen LogP contribution in [0.4, 0.5) is 5.69 Å². The molecule has 0 bridgehead atoms. The summed E-state index contributed by atoms with van der Waals surface area (Å²) in [6, 6.07) is 6.00. The summed E-state index contributed by atoms with van der Waals surface area (Å²) in [7, 11) is -2.55. The van der Waals surface area contributed by atoms with Gasteiger partial charge in [0.15, 0.2) is 0 Å². The molecule has 2 rings (SSSR count). The molecule has 0 amide bonds. The van der Waals surface area contributed by atoms with Gasteiger partial charge in [-0.2, -0.15) is 0 Å². The number of methoxy groups -OCH3 is 1. The van der Waals surface area contributed by atoms with Crippen molar-refractivity contribution in [2.45, 2.75) is 18.2 Å². The molecular weight excluding hydrogens is 412 g/mol. The maximum absolute atomic E-state index is 12.6. The number of aromatic nitrogens is 1. The third-order valence-corrected chi connectivity index (χ3v) is 4.97. The number of carbonyl (C=O) groups excluding carboxylic acids is 1. The molecule has 0 saturated carbocycles. The highest BCUT2D eigenvalue weighted by Gasteiger charge is 2.21. The van der Waals surface area contributed by atoms with Gasteiger partial charge < -0.3 is 9.47 Å². The van der Waals surface area contributed by atoms with E-state index in [0.29, 0.717) is 10.9 Å². The van der Waals surface area contributed by atoms with E-state index < -0.39 is 16.0 Å². The Morgan fingerprint density at radius 3 is 2.72 bits per heavy atom. The van der Waals surface area contributed by atoms with Crippen LogP contribution in [0.25, 0.3) is 0 Å². The van der Waals surface area contributed by atoms with Crippen LogP contribution in [0.3, 0.4) is 0 Å². The zero-order valence-electron chi connectivity index (χ0n) is 13.7. The number of carbonyl (C=O) groups is 1. The summed E-state index contributed by atoms with van der Waals surface area (Å²) in [5.74, 6) is -0.363. The molecule has 0 spiro atoms. The zero-order valence-corrected chi connectivity index (χ0v) is 16.1. The first-order chi connectivity index (χ1) is 11.9. The van der Waals surface area contributed by atoms with Gasteiger partial charge in [-0.1, -0.05) is 22.9 Å². The number of anilines is 1. The minimum absolute atomic E-state index is 0.0386. The first-order valence-electron chi connectivity index (χ1n) is 7.36. The number of halogens is 1. The molecule has 0 radical (unpaired) electrons. The number of benzene rings is 1. The normalized spacial score (nSPS) is 11.0. The highest BCUT2D eigenvalue weighted by Crippen LogP contribution is 2.28. The van der Waals surface area contributed by atoms with E-state index in [2.05, 4.69) is 25.6 Å². The van der Waals surface area contributed by atoms with Crippen molar-refractivity contribution in [2.75, 3.05) is 18.4 Å². The van der Waals surface area contributed by atoms with Crippen molar-refractivity contribution >= 4 is 37.6 Å². The van der Waals surface area contributed by atoms with Crippen LogP contribution in [0.1, 0.15) is 23.7 Å². The number of rotatable bonds is 7. The van der Waals surface area contributed by atoms with Crippen molar-refractivity contribution in [2.24, 2.45) is 0 Å². The molecule has 134 valence electrons. The highest BCUT2D eigenvalue weighted by atomic mass is 79.9. The van der Waals surface area contributed by atoms with E-state index >= 15 is 0 Å². The Kier molecular flexibility index (Phi) is 6.38. The summed E-state index contributed by atoms with van der Waals surface area (Å²) in [5, 5.41) is 0. The SMILES string of the molecule is CCCOC(=O)c1cncc(NS(=O)(=O)c2cc(Br)ccc2OC)c1. The lowest BCUT2D eigenvalue weighted by atomic mass is 10.3. The van der Waals surface area contributed by atoms with E-state index in [1.165, 1.54) is 37.7 Å². The predicted octanol–water partition coefficient (Wildman–Crippen LogP) is 3.22.